The third-order valence-electron chi connectivity index (χ3n) is 2.76. The van der Waals surface area contributed by atoms with Crippen LogP contribution in [0.4, 0.5) is 17.3 Å². The number of hydrogen-bond donors (Lipinski definition) is 2. The molecular formula is C12H18N6. The van der Waals surface area contributed by atoms with E-state index in [9.17, 15) is 0 Å². The van der Waals surface area contributed by atoms with Crippen molar-refractivity contribution < 1.29 is 0 Å². The van der Waals surface area contributed by atoms with Gasteiger partial charge in [-0.05, 0) is 20.8 Å². The Kier molecular flexibility index (Phi) is 3.18. The summed E-state index contributed by atoms with van der Waals surface area (Å²) in [7, 11) is 3.75. The predicted molar refractivity (Wildman–Crippen MR) is 72.3 cm³/mol. The van der Waals surface area contributed by atoms with Crippen molar-refractivity contribution in [2.75, 3.05) is 17.7 Å². The van der Waals surface area contributed by atoms with Crippen molar-refractivity contribution in [2.24, 2.45) is 7.05 Å². The van der Waals surface area contributed by atoms with Crippen LogP contribution in [0.25, 0.3) is 0 Å². The zero-order chi connectivity index (χ0) is 13.3. The summed E-state index contributed by atoms with van der Waals surface area (Å²) in [6.07, 6.45) is 1.94. The number of aryl methyl sites for hydroxylation is 3. The minimum atomic E-state index is 0.731. The zero-order valence-corrected chi connectivity index (χ0v) is 11.4. The van der Waals surface area contributed by atoms with Crippen molar-refractivity contribution in [2.45, 2.75) is 20.8 Å². The number of hydrogen-bond acceptors (Lipinski definition) is 5. The third-order valence-corrected chi connectivity index (χ3v) is 2.76. The van der Waals surface area contributed by atoms with Crippen LogP contribution in [0.1, 0.15) is 17.1 Å². The SMILES string of the molecule is CNc1nc(C)nc(Nc2cn(C)nc2C)c1C. The van der Waals surface area contributed by atoms with Crippen LogP contribution in [-0.4, -0.2) is 26.8 Å². The Morgan fingerprint density at radius 3 is 2.33 bits per heavy atom. The highest BCUT2D eigenvalue weighted by molar-refractivity contribution is 5.65. The molecule has 96 valence electrons. The van der Waals surface area contributed by atoms with Crippen LogP contribution in [0.3, 0.4) is 0 Å². The smallest absolute Gasteiger partial charge is 0.139 e. The zero-order valence-electron chi connectivity index (χ0n) is 11.4. The van der Waals surface area contributed by atoms with Crippen LogP contribution in [0.15, 0.2) is 6.20 Å². The second-order valence-corrected chi connectivity index (χ2v) is 4.27. The van der Waals surface area contributed by atoms with Gasteiger partial charge < -0.3 is 10.6 Å². The molecule has 0 aliphatic heterocycles. The lowest BCUT2D eigenvalue weighted by atomic mass is 10.3. The molecule has 0 fully saturated rings. The molecule has 2 heterocycles. The van der Waals surface area contributed by atoms with E-state index in [1.165, 1.54) is 0 Å². The van der Waals surface area contributed by atoms with Crippen molar-refractivity contribution in [3.8, 4) is 0 Å². The van der Waals surface area contributed by atoms with Gasteiger partial charge in [0.15, 0.2) is 0 Å². The van der Waals surface area contributed by atoms with Crippen LogP contribution in [0.5, 0.6) is 0 Å². The normalized spacial score (nSPS) is 10.5. The van der Waals surface area contributed by atoms with E-state index in [0.29, 0.717) is 0 Å². The Bertz CT molecular complexity index is 572. The molecule has 0 aliphatic carbocycles. The molecule has 0 unspecified atom stereocenters. The molecule has 0 spiro atoms. The van der Waals surface area contributed by atoms with Gasteiger partial charge in [-0.3, -0.25) is 4.68 Å². The number of aromatic nitrogens is 4. The van der Waals surface area contributed by atoms with E-state index in [0.717, 1.165) is 34.4 Å². The highest BCUT2D eigenvalue weighted by Gasteiger charge is 2.10. The van der Waals surface area contributed by atoms with Crippen molar-refractivity contribution in [3.63, 3.8) is 0 Å². The van der Waals surface area contributed by atoms with Crippen molar-refractivity contribution in [1.82, 2.24) is 19.7 Å². The molecule has 0 aliphatic rings. The standard InChI is InChI=1S/C12H18N6/c1-7-11(13-4)14-9(3)15-12(7)16-10-6-18(5)17-8(10)2/h6H,1-5H3,(H2,13,14,15,16). The summed E-state index contributed by atoms with van der Waals surface area (Å²) in [6.45, 7) is 5.82. The minimum Gasteiger partial charge on any atom is -0.373 e. The van der Waals surface area contributed by atoms with Gasteiger partial charge in [-0.1, -0.05) is 0 Å². The largest absolute Gasteiger partial charge is 0.373 e. The quantitative estimate of drug-likeness (QED) is 0.866. The molecule has 0 atom stereocenters. The lowest BCUT2D eigenvalue weighted by Crippen LogP contribution is -2.05. The summed E-state index contributed by atoms with van der Waals surface area (Å²) in [5.74, 6) is 2.38. The molecular weight excluding hydrogens is 228 g/mol. The molecule has 2 rings (SSSR count). The maximum Gasteiger partial charge on any atom is 0.139 e. The minimum absolute atomic E-state index is 0.731. The fourth-order valence-corrected chi connectivity index (χ4v) is 1.84. The van der Waals surface area contributed by atoms with Gasteiger partial charge in [0.2, 0.25) is 0 Å². The maximum absolute atomic E-state index is 4.43. The summed E-state index contributed by atoms with van der Waals surface area (Å²) in [6, 6.07) is 0. The fraction of sp³-hybridized carbons (Fsp3) is 0.417. The Balaban J connectivity index is 2.40. The molecule has 0 radical (unpaired) electrons. The van der Waals surface area contributed by atoms with Gasteiger partial charge in [-0.25, -0.2) is 9.97 Å². The van der Waals surface area contributed by atoms with Crippen LogP contribution in [-0.2, 0) is 7.05 Å². The van der Waals surface area contributed by atoms with Crippen molar-refractivity contribution in [3.05, 3.63) is 23.3 Å². The third kappa shape index (κ3) is 2.27. The molecule has 2 aromatic rings. The van der Waals surface area contributed by atoms with E-state index < -0.39 is 0 Å². The van der Waals surface area contributed by atoms with E-state index in [2.05, 4.69) is 25.7 Å². The molecule has 0 saturated heterocycles. The van der Waals surface area contributed by atoms with Crippen LogP contribution in [0.2, 0.25) is 0 Å². The molecule has 2 aromatic heterocycles. The Labute approximate surface area is 106 Å². The highest BCUT2D eigenvalue weighted by atomic mass is 15.3. The van der Waals surface area contributed by atoms with Gasteiger partial charge in [-0.2, -0.15) is 5.10 Å². The van der Waals surface area contributed by atoms with Gasteiger partial charge in [0.1, 0.15) is 17.5 Å². The number of rotatable bonds is 3. The number of nitrogens with one attached hydrogen (secondary N) is 2. The first-order valence-electron chi connectivity index (χ1n) is 5.81. The van der Waals surface area contributed by atoms with Crippen molar-refractivity contribution in [1.29, 1.82) is 0 Å². The van der Waals surface area contributed by atoms with Gasteiger partial charge in [0.05, 0.1) is 11.4 Å². The van der Waals surface area contributed by atoms with Gasteiger partial charge in [0, 0.05) is 25.9 Å². The number of nitrogens with zero attached hydrogens (tertiary/aromatic N) is 4. The monoisotopic (exact) mass is 246 g/mol. The van der Waals surface area contributed by atoms with Gasteiger partial charge in [-0.15, -0.1) is 0 Å². The number of anilines is 3. The first-order chi connectivity index (χ1) is 8.51. The average molecular weight is 246 g/mol. The van der Waals surface area contributed by atoms with Crippen LogP contribution < -0.4 is 10.6 Å². The molecule has 0 saturated carbocycles. The Morgan fingerprint density at radius 2 is 1.78 bits per heavy atom. The molecule has 2 N–H and O–H groups in total. The van der Waals surface area contributed by atoms with Gasteiger partial charge >= 0.3 is 0 Å². The molecule has 0 aromatic carbocycles. The predicted octanol–water partition coefficient (Wildman–Crippen LogP) is 1.92. The summed E-state index contributed by atoms with van der Waals surface area (Å²) in [4.78, 5) is 8.77. The van der Waals surface area contributed by atoms with Crippen LogP contribution >= 0.6 is 0 Å². The molecule has 0 amide bonds. The maximum atomic E-state index is 4.43. The van der Waals surface area contributed by atoms with E-state index >= 15 is 0 Å². The van der Waals surface area contributed by atoms with E-state index in [-0.39, 0.29) is 0 Å². The van der Waals surface area contributed by atoms with E-state index in [4.69, 9.17) is 0 Å². The molecule has 18 heavy (non-hydrogen) atoms. The summed E-state index contributed by atoms with van der Waals surface area (Å²) >= 11 is 0. The Morgan fingerprint density at radius 1 is 1.11 bits per heavy atom. The lowest BCUT2D eigenvalue weighted by molar-refractivity contribution is 0.756. The second kappa shape index (κ2) is 4.64. The molecule has 6 heteroatoms. The van der Waals surface area contributed by atoms with E-state index in [1.807, 2.05) is 41.1 Å². The summed E-state index contributed by atoms with van der Waals surface area (Å²) in [5.41, 5.74) is 2.89. The second-order valence-electron chi connectivity index (χ2n) is 4.27. The van der Waals surface area contributed by atoms with E-state index in [1.54, 1.807) is 4.68 Å². The fourth-order valence-electron chi connectivity index (χ4n) is 1.84. The summed E-state index contributed by atoms with van der Waals surface area (Å²) < 4.78 is 1.78. The first kappa shape index (κ1) is 12.3. The summed E-state index contributed by atoms with van der Waals surface area (Å²) in [5, 5.41) is 10.7. The molecule has 0 bridgehead atoms. The topological polar surface area (TPSA) is 67.7 Å². The highest BCUT2D eigenvalue weighted by Crippen LogP contribution is 2.24. The molecule has 6 nitrogen and oxygen atoms in total. The van der Waals surface area contributed by atoms with Gasteiger partial charge in [0.25, 0.3) is 0 Å². The van der Waals surface area contributed by atoms with Crippen molar-refractivity contribution >= 4 is 17.3 Å². The van der Waals surface area contributed by atoms with Crippen LogP contribution in [0, 0.1) is 20.8 Å². The average Bonchev–Trinajstić information content (AvgIpc) is 2.62. The Hall–Kier alpha value is -2.11. The first-order valence-corrected chi connectivity index (χ1v) is 5.81. The lowest BCUT2D eigenvalue weighted by Gasteiger charge is -2.11.